The largest absolute Gasteiger partial charge is 0.355 e. The molecule has 0 saturated carbocycles. The van der Waals surface area contributed by atoms with Crippen LogP contribution in [0.1, 0.15) is 11.1 Å². The van der Waals surface area contributed by atoms with Gasteiger partial charge < -0.3 is 5.32 Å². The standard InChI is InChI=1S/C18H18Cl2FNOS2/c19-15-6-5-13(9-16(15)20)10-25-12-18(23)22-7-8-24-11-14-3-1-2-4-17(14)21/h1-6,9H,7-8,10-12H2,(H,22,23). The molecule has 0 aromatic heterocycles. The molecule has 0 aliphatic heterocycles. The van der Waals surface area contributed by atoms with Crippen molar-refractivity contribution < 1.29 is 9.18 Å². The minimum absolute atomic E-state index is 0.00319. The molecule has 0 fully saturated rings. The van der Waals surface area contributed by atoms with Gasteiger partial charge in [0.2, 0.25) is 5.91 Å². The Kier molecular flexibility index (Phi) is 8.96. The highest BCUT2D eigenvalue weighted by atomic mass is 35.5. The van der Waals surface area contributed by atoms with E-state index >= 15 is 0 Å². The van der Waals surface area contributed by atoms with Gasteiger partial charge in [-0.3, -0.25) is 4.79 Å². The average molecular weight is 418 g/mol. The summed E-state index contributed by atoms with van der Waals surface area (Å²) in [6, 6.07) is 12.2. The van der Waals surface area contributed by atoms with Gasteiger partial charge in [0.1, 0.15) is 5.82 Å². The third-order valence-corrected chi connectivity index (χ3v) is 6.02. The summed E-state index contributed by atoms with van der Waals surface area (Å²) in [6.45, 7) is 0.575. The van der Waals surface area contributed by atoms with Gasteiger partial charge in [-0.05, 0) is 29.3 Å². The molecule has 0 unspecified atom stereocenters. The Bertz CT molecular complexity index is 715. The topological polar surface area (TPSA) is 29.1 Å². The van der Waals surface area contributed by atoms with Crippen LogP contribution >= 0.6 is 46.7 Å². The number of hydrogen-bond donors (Lipinski definition) is 1. The quantitative estimate of drug-likeness (QED) is 0.552. The molecule has 2 rings (SSSR count). The molecule has 2 aromatic rings. The third kappa shape index (κ3) is 7.48. The Morgan fingerprint density at radius 2 is 1.84 bits per heavy atom. The Labute approximate surface area is 165 Å². The van der Waals surface area contributed by atoms with Gasteiger partial charge in [0, 0.05) is 23.8 Å². The van der Waals surface area contributed by atoms with Gasteiger partial charge in [-0.25, -0.2) is 4.39 Å². The van der Waals surface area contributed by atoms with Crippen molar-refractivity contribution >= 4 is 52.6 Å². The number of benzene rings is 2. The molecule has 2 nitrogen and oxygen atoms in total. The normalized spacial score (nSPS) is 10.7. The Hall–Kier alpha value is -0.880. The fourth-order valence-corrected chi connectivity index (χ4v) is 3.97. The molecule has 25 heavy (non-hydrogen) atoms. The van der Waals surface area contributed by atoms with Gasteiger partial charge in [0.25, 0.3) is 0 Å². The van der Waals surface area contributed by atoms with Crippen molar-refractivity contribution in [1.82, 2.24) is 5.32 Å². The SMILES string of the molecule is O=C(CSCc1ccc(Cl)c(Cl)c1)NCCSCc1ccccc1F. The number of halogens is 3. The molecule has 0 radical (unpaired) electrons. The van der Waals surface area contributed by atoms with E-state index in [1.165, 1.54) is 17.8 Å². The summed E-state index contributed by atoms with van der Waals surface area (Å²) >= 11 is 15.0. The van der Waals surface area contributed by atoms with E-state index in [4.69, 9.17) is 23.2 Å². The number of carbonyl (C=O) groups is 1. The summed E-state index contributed by atoms with van der Waals surface area (Å²) < 4.78 is 13.5. The molecule has 1 N–H and O–H groups in total. The van der Waals surface area contributed by atoms with Crippen LogP contribution in [0.4, 0.5) is 4.39 Å². The molecule has 1 amide bonds. The third-order valence-electron chi connectivity index (χ3n) is 3.27. The molecule has 0 aliphatic rings. The monoisotopic (exact) mass is 417 g/mol. The summed E-state index contributed by atoms with van der Waals surface area (Å²) in [5.41, 5.74) is 1.73. The van der Waals surface area contributed by atoms with Crippen molar-refractivity contribution in [2.75, 3.05) is 18.1 Å². The molecule has 0 spiro atoms. The lowest BCUT2D eigenvalue weighted by molar-refractivity contribution is -0.118. The van der Waals surface area contributed by atoms with E-state index in [0.717, 1.165) is 11.3 Å². The van der Waals surface area contributed by atoms with Crippen molar-refractivity contribution in [3.8, 4) is 0 Å². The maximum absolute atomic E-state index is 13.5. The van der Waals surface area contributed by atoms with Gasteiger partial charge in [0.05, 0.1) is 15.8 Å². The molecule has 2 aromatic carbocycles. The first-order valence-electron chi connectivity index (χ1n) is 7.66. The zero-order valence-corrected chi connectivity index (χ0v) is 16.6. The van der Waals surface area contributed by atoms with Crippen LogP contribution in [0, 0.1) is 5.82 Å². The smallest absolute Gasteiger partial charge is 0.230 e. The molecular weight excluding hydrogens is 400 g/mol. The lowest BCUT2D eigenvalue weighted by Gasteiger charge is -2.06. The highest BCUT2D eigenvalue weighted by molar-refractivity contribution is 7.99. The summed E-state index contributed by atoms with van der Waals surface area (Å²) in [5.74, 6) is 2.26. The molecule has 134 valence electrons. The lowest BCUT2D eigenvalue weighted by Crippen LogP contribution is -2.27. The molecule has 0 aliphatic carbocycles. The van der Waals surface area contributed by atoms with Crippen LogP contribution in [0.2, 0.25) is 10.0 Å². The zero-order valence-electron chi connectivity index (χ0n) is 13.4. The van der Waals surface area contributed by atoms with Crippen LogP contribution < -0.4 is 5.32 Å². The van der Waals surface area contributed by atoms with E-state index in [9.17, 15) is 9.18 Å². The molecule has 0 heterocycles. The summed E-state index contributed by atoms with van der Waals surface area (Å²) in [7, 11) is 0. The molecule has 0 saturated heterocycles. The maximum atomic E-state index is 13.5. The molecule has 7 heteroatoms. The number of amides is 1. The van der Waals surface area contributed by atoms with Crippen LogP contribution in [0.15, 0.2) is 42.5 Å². The number of hydrogen-bond acceptors (Lipinski definition) is 3. The summed E-state index contributed by atoms with van der Waals surface area (Å²) in [5, 5.41) is 3.92. The summed E-state index contributed by atoms with van der Waals surface area (Å²) in [6.07, 6.45) is 0. The van der Waals surface area contributed by atoms with E-state index in [1.54, 1.807) is 30.0 Å². The second-order valence-corrected chi connectivity index (χ2v) is 8.14. The van der Waals surface area contributed by atoms with E-state index < -0.39 is 0 Å². The van der Waals surface area contributed by atoms with Crippen LogP contribution in [0.3, 0.4) is 0 Å². The Morgan fingerprint density at radius 3 is 2.60 bits per heavy atom. The lowest BCUT2D eigenvalue weighted by atomic mass is 10.2. The van der Waals surface area contributed by atoms with Crippen molar-refractivity contribution in [2.24, 2.45) is 0 Å². The predicted molar refractivity (Wildman–Crippen MR) is 108 cm³/mol. The van der Waals surface area contributed by atoms with Crippen molar-refractivity contribution in [3.05, 3.63) is 69.5 Å². The second kappa shape index (κ2) is 11.0. The van der Waals surface area contributed by atoms with Gasteiger partial charge in [0.15, 0.2) is 0 Å². The predicted octanol–water partition coefficient (Wildman–Crippen LogP) is 5.42. The van der Waals surface area contributed by atoms with Crippen molar-refractivity contribution in [1.29, 1.82) is 0 Å². The molecule has 0 bridgehead atoms. The maximum Gasteiger partial charge on any atom is 0.230 e. The Morgan fingerprint density at radius 1 is 1.04 bits per heavy atom. The number of carbonyl (C=O) groups excluding carboxylic acids is 1. The van der Waals surface area contributed by atoms with Crippen LogP contribution in [0.25, 0.3) is 0 Å². The van der Waals surface area contributed by atoms with Gasteiger partial charge in [-0.15, -0.1) is 11.8 Å². The van der Waals surface area contributed by atoms with E-state index in [1.807, 2.05) is 18.2 Å². The van der Waals surface area contributed by atoms with E-state index in [0.29, 0.717) is 39.4 Å². The van der Waals surface area contributed by atoms with Gasteiger partial charge in [-0.1, -0.05) is 47.5 Å². The van der Waals surface area contributed by atoms with Crippen molar-refractivity contribution in [2.45, 2.75) is 11.5 Å². The first kappa shape index (κ1) is 20.4. The Balaban J connectivity index is 1.56. The van der Waals surface area contributed by atoms with E-state index in [-0.39, 0.29) is 11.7 Å². The second-order valence-electron chi connectivity index (χ2n) is 5.24. The van der Waals surface area contributed by atoms with Crippen LogP contribution in [-0.2, 0) is 16.3 Å². The highest BCUT2D eigenvalue weighted by Gasteiger charge is 2.04. The fourth-order valence-electron chi connectivity index (χ4n) is 2.00. The van der Waals surface area contributed by atoms with E-state index in [2.05, 4.69) is 5.32 Å². The van der Waals surface area contributed by atoms with Crippen LogP contribution in [-0.4, -0.2) is 24.0 Å². The van der Waals surface area contributed by atoms with Gasteiger partial charge in [-0.2, -0.15) is 11.8 Å². The van der Waals surface area contributed by atoms with Crippen molar-refractivity contribution in [3.63, 3.8) is 0 Å². The number of rotatable bonds is 9. The fraction of sp³-hybridized carbons (Fsp3) is 0.278. The molecular formula is C18H18Cl2FNOS2. The van der Waals surface area contributed by atoms with Gasteiger partial charge >= 0.3 is 0 Å². The van der Waals surface area contributed by atoms with Crippen LogP contribution in [0.5, 0.6) is 0 Å². The first-order chi connectivity index (χ1) is 12.1. The highest BCUT2D eigenvalue weighted by Crippen LogP contribution is 2.24. The summed E-state index contributed by atoms with van der Waals surface area (Å²) in [4.78, 5) is 11.8. The zero-order chi connectivity index (χ0) is 18.1. The minimum Gasteiger partial charge on any atom is -0.355 e. The average Bonchev–Trinajstić information content (AvgIpc) is 2.59. The minimum atomic E-state index is -0.183. The first-order valence-corrected chi connectivity index (χ1v) is 10.7. The molecule has 0 atom stereocenters. The number of thioether (sulfide) groups is 2. The number of nitrogens with one attached hydrogen (secondary N) is 1.